The molecule has 1 aromatic carbocycles. The highest BCUT2D eigenvalue weighted by Crippen LogP contribution is 2.22. The van der Waals surface area contributed by atoms with E-state index in [9.17, 15) is 31.5 Å². The minimum Gasteiger partial charge on any atom is -0.344 e. The largest absolute Gasteiger partial charge is 0.401 e. The summed E-state index contributed by atoms with van der Waals surface area (Å²) in [6.07, 6.45) is -1.62. The third kappa shape index (κ3) is 10.3. The SMILES string of the molecule is CCCC(NC(=O)Cc1cc(F)cc(F)c1)C(=O)Nc1ccc(C(C)CC(C)NCC(F)(F)F)cn1. The van der Waals surface area contributed by atoms with Crippen LogP contribution in [0.5, 0.6) is 0 Å². The normalized spacial score (nSPS) is 14.1. The van der Waals surface area contributed by atoms with Crippen LogP contribution in [-0.4, -0.2) is 41.6 Å². The van der Waals surface area contributed by atoms with Gasteiger partial charge in [0.1, 0.15) is 23.5 Å². The minimum absolute atomic E-state index is 0.0715. The Morgan fingerprint density at radius 2 is 1.72 bits per heavy atom. The molecule has 0 aliphatic heterocycles. The van der Waals surface area contributed by atoms with Gasteiger partial charge in [-0.1, -0.05) is 26.3 Å². The Morgan fingerprint density at radius 3 is 2.28 bits per heavy atom. The molecule has 3 N–H and O–H groups in total. The molecule has 2 aromatic rings. The maximum atomic E-state index is 13.4. The van der Waals surface area contributed by atoms with Crippen molar-refractivity contribution < 1.29 is 31.5 Å². The first kappa shape index (κ1) is 29.2. The summed E-state index contributed by atoms with van der Waals surface area (Å²) in [6, 6.07) is 4.89. The fourth-order valence-corrected chi connectivity index (χ4v) is 3.73. The number of pyridine rings is 1. The summed E-state index contributed by atoms with van der Waals surface area (Å²) < 4.78 is 63.8. The molecule has 0 saturated heterocycles. The number of nitrogens with zero attached hydrogens (tertiary/aromatic N) is 1. The molecule has 198 valence electrons. The molecule has 0 spiro atoms. The molecule has 36 heavy (non-hydrogen) atoms. The van der Waals surface area contributed by atoms with Crippen LogP contribution in [0.2, 0.25) is 0 Å². The summed E-state index contributed by atoms with van der Waals surface area (Å²) in [5.41, 5.74) is 0.948. The van der Waals surface area contributed by atoms with Crippen molar-refractivity contribution in [1.82, 2.24) is 15.6 Å². The van der Waals surface area contributed by atoms with Crippen LogP contribution in [0.1, 0.15) is 57.1 Å². The average molecular weight is 515 g/mol. The van der Waals surface area contributed by atoms with Gasteiger partial charge >= 0.3 is 6.18 Å². The van der Waals surface area contributed by atoms with Crippen LogP contribution >= 0.6 is 0 Å². The molecule has 6 nitrogen and oxygen atoms in total. The maximum Gasteiger partial charge on any atom is 0.401 e. The third-order valence-corrected chi connectivity index (χ3v) is 5.48. The van der Waals surface area contributed by atoms with Gasteiger partial charge < -0.3 is 16.0 Å². The Morgan fingerprint density at radius 1 is 1.06 bits per heavy atom. The van der Waals surface area contributed by atoms with Crippen LogP contribution in [0.3, 0.4) is 0 Å². The molecule has 1 heterocycles. The number of aromatic nitrogens is 1. The van der Waals surface area contributed by atoms with Crippen molar-refractivity contribution in [2.75, 3.05) is 11.9 Å². The molecular weight excluding hydrogens is 483 g/mol. The van der Waals surface area contributed by atoms with Gasteiger partial charge in [-0.15, -0.1) is 0 Å². The van der Waals surface area contributed by atoms with E-state index >= 15 is 0 Å². The molecule has 3 atom stereocenters. The van der Waals surface area contributed by atoms with E-state index in [-0.39, 0.29) is 29.8 Å². The Labute approximate surface area is 207 Å². The molecule has 2 amide bonds. The van der Waals surface area contributed by atoms with E-state index < -0.39 is 42.2 Å². The topological polar surface area (TPSA) is 83.1 Å². The highest BCUT2D eigenvalue weighted by Gasteiger charge is 2.27. The van der Waals surface area contributed by atoms with Gasteiger partial charge in [-0.3, -0.25) is 9.59 Å². The summed E-state index contributed by atoms with van der Waals surface area (Å²) in [6.45, 7) is 4.33. The highest BCUT2D eigenvalue weighted by molar-refractivity contribution is 5.96. The predicted octanol–water partition coefficient (Wildman–Crippen LogP) is 4.86. The molecule has 1 aromatic heterocycles. The zero-order valence-corrected chi connectivity index (χ0v) is 20.4. The molecule has 0 aliphatic carbocycles. The van der Waals surface area contributed by atoms with Crippen LogP contribution in [0, 0.1) is 11.6 Å². The van der Waals surface area contributed by atoms with Crippen LogP contribution < -0.4 is 16.0 Å². The van der Waals surface area contributed by atoms with Crippen molar-refractivity contribution in [1.29, 1.82) is 0 Å². The van der Waals surface area contributed by atoms with Gasteiger partial charge in [0, 0.05) is 18.3 Å². The molecule has 0 bridgehead atoms. The second kappa shape index (κ2) is 13.3. The first-order valence-corrected chi connectivity index (χ1v) is 11.7. The maximum absolute atomic E-state index is 13.4. The van der Waals surface area contributed by atoms with Crippen LogP contribution in [-0.2, 0) is 16.0 Å². The number of alkyl halides is 3. The Hall–Kier alpha value is -3.08. The molecule has 0 fully saturated rings. The second-order valence-corrected chi connectivity index (χ2v) is 8.86. The molecule has 2 rings (SSSR count). The van der Waals surface area contributed by atoms with E-state index in [1.807, 2.05) is 13.8 Å². The van der Waals surface area contributed by atoms with Gasteiger partial charge in [0.2, 0.25) is 11.8 Å². The Kier molecular flexibility index (Phi) is 10.8. The fourth-order valence-electron chi connectivity index (χ4n) is 3.73. The first-order chi connectivity index (χ1) is 16.9. The van der Waals surface area contributed by atoms with E-state index in [0.717, 1.165) is 17.7 Å². The van der Waals surface area contributed by atoms with Crippen molar-refractivity contribution in [3.8, 4) is 0 Å². The van der Waals surface area contributed by atoms with Crippen molar-refractivity contribution in [3.63, 3.8) is 0 Å². The van der Waals surface area contributed by atoms with Gasteiger partial charge in [-0.05, 0) is 55.0 Å². The van der Waals surface area contributed by atoms with Crippen molar-refractivity contribution in [2.24, 2.45) is 0 Å². The first-order valence-electron chi connectivity index (χ1n) is 11.7. The standard InChI is InChI=1S/C25H31F5N4O2/c1-4-5-21(33-23(35)11-17-9-19(26)12-20(27)10-17)24(36)34-22-7-6-18(13-31-22)15(2)8-16(3)32-14-25(28,29)30/h6-7,9-10,12-13,15-16,21,32H,4-5,8,11,14H2,1-3H3,(H,33,35)(H,31,34,36). The lowest BCUT2D eigenvalue weighted by Gasteiger charge is -2.20. The lowest BCUT2D eigenvalue weighted by Crippen LogP contribution is -2.44. The Bertz CT molecular complexity index is 994. The monoisotopic (exact) mass is 514 g/mol. The summed E-state index contributed by atoms with van der Waals surface area (Å²) >= 11 is 0. The van der Waals surface area contributed by atoms with E-state index in [4.69, 9.17) is 0 Å². The molecule has 0 aliphatic rings. The van der Waals surface area contributed by atoms with Crippen LogP contribution in [0.15, 0.2) is 36.5 Å². The average Bonchev–Trinajstić information content (AvgIpc) is 2.76. The van der Waals surface area contributed by atoms with Crippen LogP contribution in [0.25, 0.3) is 0 Å². The summed E-state index contributed by atoms with van der Waals surface area (Å²) in [5, 5.41) is 7.67. The Balaban J connectivity index is 1.93. The number of benzene rings is 1. The third-order valence-electron chi connectivity index (χ3n) is 5.48. The molecule has 3 unspecified atom stereocenters. The zero-order valence-electron chi connectivity index (χ0n) is 20.4. The summed E-state index contributed by atoms with van der Waals surface area (Å²) in [4.78, 5) is 29.3. The summed E-state index contributed by atoms with van der Waals surface area (Å²) in [5.74, 6) is -2.46. The number of nitrogens with one attached hydrogen (secondary N) is 3. The number of hydrogen-bond acceptors (Lipinski definition) is 4. The molecule has 0 radical (unpaired) electrons. The lowest BCUT2D eigenvalue weighted by molar-refractivity contribution is -0.126. The van der Waals surface area contributed by atoms with Crippen molar-refractivity contribution in [3.05, 3.63) is 59.3 Å². The number of halogens is 5. The van der Waals surface area contributed by atoms with Crippen molar-refractivity contribution >= 4 is 17.6 Å². The van der Waals surface area contributed by atoms with E-state index in [1.54, 1.807) is 25.3 Å². The van der Waals surface area contributed by atoms with Gasteiger partial charge in [0.05, 0.1) is 13.0 Å². The van der Waals surface area contributed by atoms with Crippen molar-refractivity contribution in [2.45, 2.75) is 70.6 Å². The number of carbonyl (C=O) groups is 2. The highest BCUT2D eigenvalue weighted by atomic mass is 19.4. The molecular formula is C25H31F5N4O2. The van der Waals surface area contributed by atoms with E-state index in [1.165, 1.54) is 0 Å². The van der Waals surface area contributed by atoms with Gasteiger partial charge in [0.25, 0.3) is 0 Å². The van der Waals surface area contributed by atoms with E-state index in [2.05, 4.69) is 20.9 Å². The molecule has 0 saturated carbocycles. The second-order valence-electron chi connectivity index (χ2n) is 8.86. The quantitative estimate of drug-likeness (QED) is 0.354. The minimum atomic E-state index is -4.27. The number of amides is 2. The predicted molar refractivity (Wildman–Crippen MR) is 126 cm³/mol. The fraction of sp³-hybridized carbons (Fsp3) is 0.480. The van der Waals surface area contributed by atoms with Gasteiger partial charge in [0.15, 0.2) is 0 Å². The number of carbonyl (C=O) groups excluding carboxylic acids is 2. The number of hydrogen-bond donors (Lipinski definition) is 3. The van der Waals surface area contributed by atoms with Crippen LogP contribution in [0.4, 0.5) is 27.8 Å². The number of rotatable bonds is 12. The smallest absolute Gasteiger partial charge is 0.344 e. The lowest BCUT2D eigenvalue weighted by atomic mass is 9.96. The van der Waals surface area contributed by atoms with Gasteiger partial charge in [-0.2, -0.15) is 13.2 Å². The summed E-state index contributed by atoms with van der Waals surface area (Å²) in [7, 11) is 0. The molecule has 11 heteroatoms. The van der Waals surface area contributed by atoms with E-state index in [0.29, 0.717) is 25.3 Å². The van der Waals surface area contributed by atoms with Gasteiger partial charge in [-0.25, -0.2) is 13.8 Å². The zero-order chi connectivity index (χ0) is 26.9. The number of anilines is 1.